The average molecular weight is 699 g/mol. The van der Waals surface area contributed by atoms with E-state index >= 15 is 0 Å². The molecule has 0 bridgehead atoms. The van der Waals surface area contributed by atoms with Crippen molar-refractivity contribution < 1.29 is 35.8 Å². The molecule has 0 heterocycles. The van der Waals surface area contributed by atoms with Crippen molar-refractivity contribution in [3.8, 4) is 70.2 Å². The maximum atomic E-state index is 13.0. The van der Waals surface area contributed by atoms with Crippen molar-refractivity contribution in [1.82, 2.24) is 0 Å². The summed E-state index contributed by atoms with van der Waals surface area (Å²) in [5.41, 5.74) is 1.06. The van der Waals surface area contributed by atoms with Crippen LogP contribution in [0.15, 0.2) is 83.9 Å². The minimum absolute atomic E-state index is 0.0648. The lowest BCUT2D eigenvalue weighted by Crippen LogP contribution is -2.17. The number of benzene rings is 4. The molecule has 0 N–H and O–H groups in total. The first-order valence-electron chi connectivity index (χ1n) is 14.5. The first kappa shape index (κ1) is 34.1. The number of allylic oxidation sites excluding steroid dienone is 6. The second-order valence-electron chi connectivity index (χ2n) is 10.9. The van der Waals surface area contributed by atoms with Gasteiger partial charge in [-0.3, -0.25) is 0 Å². The predicted molar refractivity (Wildman–Crippen MR) is 170 cm³/mol. The zero-order chi connectivity index (χ0) is 37.5. The normalized spacial score (nSPS) is 12.5. The first-order valence-corrected chi connectivity index (χ1v) is 14.5. The minimum atomic E-state index is -5.08. The van der Waals surface area contributed by atoms with Crippen molar-refractivity contribution in [2.24, 2.45) is 0 Å². The predicted octanol–water partition coefficient (Wildman–Crippen LogP) is 9.10. The second-order valence-corrected chi connectivity index (χ2v) is 10.9. The van der Waals surface area contributed by atoms with Crippen LogP contribution >= 0.6 is 0 Å². The number of fused-ring (bicyclic) bond motifs is 4. The van der Waals surface area contributed by atoms with E-state index in [4.69, 9.17) is 0 Å². The summed E-state index contributed by atoms with van der Waals surface area (Å²) in [6.07, 6.45) is -10.2. The van der Waals surface area contributed by atoms with Gasteiger partial charge in [-0.1, -0.05) is 48.5 Å². The van der Waals surface area contributed by atoms with E-state index < -0.39 is 46.5 Å². The van der Waals surface area contributed by atoms with Crippen LogP contribution in [0.4, 0.5) is 26.3 Å². The Hall–Kier alpha value is -7.78. The maximum absolute atomic E-state index is 13.0. The average Bonchev–Trinajstić information content (AvgIpc) is 3.62. The monoisotopic (exact) mass is 698 g/mol. The Morgan fingerprint density at radius 3 is 1.13 bits per heavy atom. The number of halogens is 6. The molecule has 4 aromatic rings. The smallest absolute Gasteiger partial charge is 0.404 e. The van der Waals surface area contributed by atoms with E-state index in [-0.39, 0.29) is 55.7 Å². The Bertz CT molecular complexity index is 2410. The molecule has 52 heavy (non-hydrogen) atoms. The maximum Gasteiger partial charge on any atom is 0.573 e. The molecule has 0 unspecified atom stereocenters. The topological polar surface area (TPSA) is 161 Å². The highest BCUT2D eigenvalue weighted by molar-refractivity contribution is 6.39. The van der Waals surface area contributed by atoms with E-state index in [0.29, 0.717) is 11.1 Å². The number of alkyl halides is 6. The summed E-state index contributed by atoms with van der Waals surface area (Å²) in [7, 11) is 0. The summed E-state index contributed by atoms with van der Waals surface area (Å²) in [5.74, 6) is -1.51. The quantitative estimate of drug-likeness (QED) is 0.151. The molecule has 2 aliphatic rings. The summed E-state index contributed by atoms with van der Waals surface area (Å²) in [6, 6.07) is 27.0. The van der Waals surface area contributed by atoms with Gasteiger partial charge in [-0.05, 0) is 57.6 Å². The van der Waals surface area contributed by atoms with Crippen molar-refractivity contribution in [2.45, 2.75) is 12.7 Å². The summed E-state index contributed by atoms with van der Waals surface area (Å²) in [4.78, 5) is 0. The number of hydrogen-bond acceptors (Lipinski definition) is 8. The van der Waals surface area contributed by atoms with E-state index in [1.165, 1.54) is 12.1 Å². The van der Waals surface area contributed by atoms with Gasteiger partial charge in [-0.2, -0.15) is 31.6 Å². The molecule has 0 aromatic heterocycles. The molecule has 8 nitrogen and oxygen atoms in total. The molecule has 6 rings (SSSR count). The third-order valence-electron chi connectivity index (χ3n) is 8.14. The molecule has 0 saturated heterocycles. The van der Waals surface area contributed by atoms with Gasteiger partial charge in [0.05, 0.1) is 11.1 Å². The van der Waals surface area contributed by atoms with Gasteiger partial charge in [0.1, 0.15) is 59.1 Å². The third-order valence-corrected chi connectivity index (χ3v) is 8.14. The second kappa shape index (κ2) is 12.6. The van der Waals surface area contributed by atoms with Gasteiger partial charge in [0.25, 0.3) is 0 Å². The van der Waals surface area contributed by atoms with E-state index in [1.54, 1.807) is 48.5 Å². The largest absolute Gasteiger partial charge is 0.573 e. The summed E-state index contributed by atoms with van der Waals surface area (Å²) in [5, 5.41) is 60.0. The fourth-order valence-electron chi connectivity index (χ4n) is 6.35. The van der Waals surface area contributed by atoms with Crippen molar-refractivity contribution in [2.75, 3.05) is 0 Å². The van der Waals surface area contributed by atoms with Crippen LogP contribution in [0.2, 0.25) is 0 Å². The van der Waals surface area contributed by atoms with Crippen LogP contribution in [0.25, 0.3) is 44.5 Å². The van der Waals surface area contributed by atoms with Gasteiger partial charge < -0.3 is 9.47 Å². The molecule has 0 amide bonds. The molecule has 0 radical (unpaired) electrons. The van der Waals surface area contributed by atoms with Crippen LogP contribution in [0, 0.1) is 68.0 Å². The summed E-state index contributed by atoms with van der Waals surface area (Å²) in [6.45, 7) is 0. The molecular weight excluding hydrogens is 686 g/mol. The third kappa shape index (κ3) is 5.70. The first-order chi connectivity index (χ1) is 24.8. The molecule has 0 fully saturated rings. The lowest BCUT2D eigenvalue weighted by molar-refractivity contribution is -0.275. The highest BCUT2D eigenvalue weighted by Gasteiger charge is 2.42. The van der Waals surface area contributed by atoms with E-state index in [9.17, 15) is 57.9 Å². The van der Waals surface area contributed by atoms with E-state index in [1.807, 2.05) is 24.3 Å². The molecular formula is C38H12F6N6O2. The Kier molecular flexibility index (Phi) is 8.26. The standard InChI is InChI=1S/C38H12F6N6O2/c39-37(40,41)51-29-9-7-19(11-21(29)13-45)25-3-1-5-27-33(25)31(23(15-47)16-48)36-28-6-2-4-26(34(28)32(35(27)36)24(17-49)18-50)20-8-10-30(22(12-20)14-46)52-38(42,43)44/h1-12H. The highest BCUT2D eigenvalue weighted by atomic mass is 19.4. The molecule has 4 aromatic carbocycles. The van der Waals surface area contributed by atoms with Gasteiger partial charge in [-0.15, -0.1) is 26.3 Å². The number of nitrogens with zero attached hydrogens (tertiary/aromatic N) is 6. The van der Waals surface area contributed by atoms with Gasteiger partial charge >= 0.3 is 12.7 Å². The zero-order valence-electron chi connectivity index (χ0n) is 25.7. The Morgan fingerprint density at radius 1 is 0.481 bits per heavy atom. The SMILES string of the molecule is N#CC(C#N)=C1C2=C(C(=C(C#N)C#N)c3c2cccc3-c2ccc(OC(F)(F)F)c(C#N)c2)c2cccc(-c3ccc(OC(F)(F)F)c(C#N)c3)c21. The summed E-state index contributed by atoms with van der Waals surface area (Å²) >= 11 is 0. The van der Waals surface area contributed by atoms with Crippen molar-refractivity contribution in [3.63, 3.8) is 0 Å². The molecule has 0 saturated carbocycles. The van der Waals surface area contributed by atoms with Crippen molar-refractivity contribution in [3.05, 3.63) is 117 Å². The van der Waals surface area contributed by atoms with E-state index in [2.05, 4.69) is 9.47 Å². The van der Waals surface area contributed by atoms with Crippen LogP contribution in [-0.2, 0) is 0 Å². The molecule has 248 valence electrons. The van der Waals surface area contributed by atoms with Gasteiger partial charge in [-0.25, -0.2) is 0 Å². The number of rotatable bonds is 4. The fourth-order valence-corrected chi connectivity index (χ4v) is 6.35. The molecule has 0 aliphatic heterocycles. The number of nitriles is 6. The van der Waals surface area contributed by atoms with Crippen LogP contribution in [0.1, 0.15) is 33.4 Å². The van der Waals surface area contributed by atoms with Gasteiger partial charge in [0, 0.05) is 33.4 Å². The highest BCUT2D eigenvalue weighted by Crippen LogP contribution is 2.62. The number of hydrogen-bond donors (Lipinski definition) is 0. The van der Waals surface area contributed by atoms with E-state index in [0.717, 1.165) is 24.3 Å². The molecule has 0 atom stereocenters. The van der Waals surface area contributed by atoms with Crippen LogP contribution in [-0.4, -0.2) is 12.7 Å². The molecule has 0 spiro atoms. The lowest BCUT2D eigenvalue weighted by atomic mass is 9.83. The minimum Gasteiger partial charge on any atom is -0.404 e. The Labute approximate surface area is 289 Å². The molecule has 14 heteroatoms. The van der Waals surface area contributed by atoms with Gasteiger partial charge in [0.2, 0.25) is 0 Å². The lowest BCUT2D eigenvalue weighted by Gasteiger charge is -2.19. The van der Waals surface area contributed by atoms with Crippen molar-refractivity contribution >= 4 is 22.3 Å². The Morgan fingerprint density at radius 2 is 0.827 bits per heavy atom. The van der Waals surface area contributed by atoms with Crippen LogP contribution < -0.4 is 9.47 Å². The zero-order valence-corrected chi connectivity index (χ0v) is 25.7. The van der Waals surface area contributed by atoms with Crippen LogP contribution in [0.5, 0.6) is 11.5 Å². The van der Waals surface area contributed by atoms with Crippen LogP contribution in [0.3, 0.4) is 0 Å². The molecule has 2 aliphatic carbocycles. The van der Waals surface area contributed by atoms with Crippen molar-refractivity contribution in [1.29, 1.82) is 31.6 Å². The Balaban J connectivity index is 1.65. The summed E-state index contributed by atoms with van der Waals surface area (Å²) < 4.78 is 86.1. The van der Waals surface area contributed by atoms with Gasteiger partial charge in [0.15, 0.2) is 0 Å². The fraction of sp³-hybridized carbons (Fsp3) is 0.0526. The number of ether oxygens (including phenoxy) is 2.